The predicted molar refractivity (Wildman–Crippen MR) is 84.7 cm³/mol. The van der Waals surface area contributed by atoms with Gasteiger partial charge in [-0.25, -0.2) is 9.97 Å². The summed E-state index contributed by atoms with van der Waals surface area (Å²) in [5.74, 6) is 0.329. The quantitative estimate of drug-likeness (QED) is 0.909. The summed E-state index contributed by atoms with van der Waals surface area (Å²) >= 11 is 11.9. The van der Waals surface area contributed by atoms with E-state index in [0.29, 0.717) is 33.8 Å². The molecule has 0 aliphatic heterocycles. The Labute approximate surface area is 132 Å². The van der Waals surface area contributed by atoms with Crippen molar-refractivity contribution in [1.82, 2.24) is 20.3 Å². The third-order valence-corrected chi connectivity index (χ3v) is 3.12. The van der Waals surface area contributed by atoms with Crippen molar-refractivity contribution in [2.45, 2.75) is 32.9 Å². The molecule has 0 unspecified atom stereocenters. The second-order valence-electron chi connectivity index (χ2n) is 5.67. The lowest BCUT2D eigenvalue weighted by atomic mass is 10.1. The molecule has 2 N–H and O–H groups in total. The zero-order valence-corrected chi connectivity index (χ0v) is 13.5. The van der Waals surface area contributed by atoms with Crippen LogP contribution in [0.25, 0.3) is 11.5 Å². The standard InChI is InChI=1S/C14H16Cl2N4O/c1-14(2,3)18-7-9-5-11(21)20-13(19-9)12-10(16)4-8(15)6-17-12/h4-6,18H,7H2,1-3H3,(H,19,20,21). The smallest absolute Gasteiger partial charge is 0.251 e. The largest absolute Gasteiger partial charge is 0.306 e. The van der Waals surface area contributed by atoms with Gasteiger partial charge in [0, 0.05) is 24.3 Å². The van der Waals surface area contributed by atoms with Crippen molar-refractivity contribution < 1.29 is 0 Å². The Balaban J connectivity index is 2.37. The average molecular weight is 327 g/mol. The molecule has 0 radical (unpaired) electrons. The highest BCUT2D eigenvalue weighted by molar-refractivity contribution is 6.35. The van der Waals surface area contributed by atoms with Gasteiger partial charge in [-0.1, -0.05) is 23.2 Å². The lowest BCUT2D eigenvalue weighted by Crippen LogP contribution is -2.35. The minimum absolute atomic E-state index is 0.0688. The number of hydrogen-bond donors (Lipinski definition) is 2. The van der Waals surface area contributed by atoms with Gasteiger partial charge in [-0.3, -0.25) is 4.79 Å². The molecule has 112 valence electrons. The number of hydrogen-bond acceptors (Lipinski definition) is 4. The fraction of sp³-hybridized carbons (Fsp3) is 0.357. The van der Waals surface area contributed by atoms with Gasteiger partial charge in [-0.2, -0.15) is 0 Å². The number of aromatic nitrogens is 3. The summed E-state index contributed by atoms with van der Waals surface area (Å²) in [6, 6.07) is 3.01. The van der Waals surface area contributed by atoms with E-state index in [1.165, 1.54) is 12.3 Å². The van der Waals surface area contributed by atoms with Crippen LogP contribution in [0.4, 0.5) is 0 Å². The normalized spacial score (nSPS) is 11.7. The molecule has 2 rings (SSSR count). The van der Waals surface area contributed by atoms with Crippen molar-refractivity contribution in [3.63, 3.8) is 0 Å². The summed E-state index contributed by atoms with van der Waals surface area (Å²) < 4.78 is 0. The number of aromatic amines is 1. The van der Waals surface area contributed by atoms with Gasteiger partial charge in [0.2, 0.25) is 0 Å². The second kappa shape index (κ2) is 6.13. The van der Waals surface area contributed by atoms with Crippen LogP contribution in [0.2, 0.25) is 10.0 Å². The summed E-state index contributed by atoms with van der Waals surface area (Å²) in [4.78, 5) is 22.9. The van der Waals surface area contributed by atoms with E-state index in [1.54, 1.807) is 6.07 Å². The molecule has 2 aromatic heterocycles. The van der Waals surface area contributed by atoms with Crippen LogP contribution in [0, 0.1) is 0 Å². The molecule has 0 saturated heterocycles. The fourth-order valence-corrected chi connectivity index (χ4v) is 2.12. The van der Waals surface area contributed by atoms with Crippen LogP contribution in [-0.4, -0.2) is 20.5 Å². The molecule has 7 heteroatoms. The minimum atomic E-state index is -0.251. The third-order valence-electron chi connectivity index (χ3n) is 2.63. The number of rotatable bonds is 3. The summed E-state index contributed by atoms with van der Waals surface area (Å²) in [5.41, 5.74) is 0.700. The van der Waals surface area contributed by atoms with Crippen molar-refractivity contribution in [3.05, 3.63) is 44.4 Å². The topological polar surface area (TPSA) is 70.7 Å². The zero-order valence-electron chi connectivity index (χ0n) is 12.0. The number of H-pyrrole nitrogens is 1. The summed E-state index contributed by atoms with van der Waals surface area (Å²) in [5, 5.41) is 4.04. The van der Waals surface area contributed by atoms with Gasteiger partial charge in [0.05, 0.1) is 15.7 Å². The van der Waals surface area contributed by atoms with Crippen molar-refractivity contribution in [2.24, 2.45) is 0 Å². The number of pyridine rings is 1. The molecule has 0 aliphatic carbocycles. The Morgan fingerprint density at radius 2 is 2.00 bits per heavy atom. The lowest BCUT2D eigenvalue weighted by molar-refractivity contribution is 0.421. The van der Waals surface area contributed by atoms with Crippen molar-refractivity contribution in [3.8, 4) is 11.5 Å². The first-order valence-corrected chi connectivity index (χ1v) is 7.17. The molecule has 2 heterocycles. The highest BCUT2D eigenvalue weighted by Crippen LogP contribution is 2.24. The Bertz CT molecular complexity index is 707. The first-order valence-electron chi connectivity index (χ1n) is 6.41. The van der Waals surface area contributed by atoms with Crippen LogP contribution in [0.1, 0.15) is 26.5 Å². The van der Waals surface area contributed by atoms with Gasteiger partial charge in [-0.05, 0) is 26.8 Å². The highest BCUT2D eigenvalue weighted by atomic mass is 35.5. The molecule has 2 aromatic rings. The third kappa shape index (κ3) is 4.52. The molecule has 0 bridgehead atoms. The number of halogens is 2. The van der Waals surface area contributed by atoms with Crippen LogP contribution in [-0.2, 0) is 6.54 Å². The minimum Gasteiger partial charge on any atom is -0.306 e. The molecule has 5 nitrogen and oxygen atoms in total. The molecule has 0 fully saturated rings. The molecule has 0 aromatic carbocycles. The maximum atomic E-state index is 11.8. The van der Waals surface area contributed by atoms with Gasteiger partial charge in [0.15, 0.2) is 5.82 Å². The average Bonchev–Trinajstić information content (AvgIpc) is 2.35. The van der Waals surface area contributed by atoms with E-state index in [9.17, 15) is 4.79 Å². The Hall–Kier alpha value is -1.43. The molecule has 0 aliphatic rings. The lowest BCUT2D eigenvalue weighted by Gasteiger charge is -2.20. The Morgan fingerprint density at radius 1 is 1.29 bits per heavy atom. The summed E-state index contributed by atoms with van der Waals surface area (Å²) in [6.07, 6.45) is 1.46. The number of nitrogens with one attached hydrogen (secondary N) is 2. The van der Waals surface area contributed by atoms with Crippen LogP contribution in [0.3, 0.4) is 0 Å². The van der Waals surface area contributed by atoms with Gasteiger partial charge in [-0.15, -0.1) is 0 Å². The second-order valence-corrected chi connectivity index (χ2v) is 6.52. The van der Waals surface area contributed by atoms with E-state index in [4.69, 9.17) is 23.2 Å². The van der Waals surface area contributed by atoms with Gasteiger partial charge < -0.3 is 10.3 Å². The highest BCUT2D eigenvalue weighted by Gasteiger charge is 2.13. The van der Waals surface area contributed by atoms with Gasteiger partial charge in [0.25, 0.3) is 5.56 Å². The summed E-state index contributed by atoms with van der Waals surface area (Å²) in [7, 11) is 0. The van der Waals surface area contributed by atoms with E-state index < -0.39 is 0 Å². The van der Waals surface area contributed by atoms with Crippen molar-refractivity contribution >= 4 is 23.2 Å². The molecular formula is C14H16Cl2N4O. The Kier molecular flexibility index (Phi) is 4.66. The van der Waals surface area contributed by atoms with E-state index in [-0.39, 0.29) is 11.1 Å². The SMILES string of the molecule is CC(C)(C)NCc1cc(=O)[nH]c(-c2ncc(Cl)cc2Cl)n1. The maximum absolute atomic E-state index is 11.8. The molecule has 0 saturated carbocycles. The van der Waals surface area contributed by atoms with Crippen LogP contribution in [0.15, 0.2) is 23.1 Å². The monoisotopic (exact) mass is 326 g/mol. The Morgan fingerprint density at radius 3 is 2.62 bits per heavy atom. The van der Waals surface area contributed by atoms with E-state index in [1.807, 2.05) is 20.8 Å². The molecular weight excluding hydrogens is 311 g/mol. The van der Waals surface area contributed by atoms with Gasteiger partial charge >= 0.3 is 0 Å². The maximum Gasteiger partial charge on any atom is 0.251 e. The zero-order chi connectivity index (χ0) is 15.6. The van der Waals surface area contributed by atoms with E-state index in [0.717, 1.165) is 0 Å². The van der Waals surface area contributed by atoms with E-state index >= 15 is 0 Å². The molecule has 0 spiro atoms. The van der Waals surface area contributed by atoms with E-state index in [2.05, 4.69) is 20.3 Å². The van der Waals surface area contributed by atoms with Gasteiger partial charge in [0.1, 0.15) is 5.69 Å². The first-order chi connectivity index (χ1) is 9.74. The van der Waals surface area contributed by atoms with Crippen molar-refractivity contribution in [2.75, 3.05) is 0 Å². The van der Waals surface area contributed by atoms with Crippen LogP contribution in [0.5, 0.6) is 0 Å². The van der Waals surface area contributed by atoms with Crippen molar-refractivity contribution in [1.29, 1.82) is 0 Å². The predicted octanol–water partition coefficient (Wildman–Crippen LogP) is 3.03. The summed E-state index contributed by atoms with van der Waals surface area (Å²) in [6.45, 7) is 6.60. The molecule has 0 atom stereocenters. The first kappa shape index (κ1) is 15.9. The van der Waals surface area contributed by atoms with Crippen LogP contribution >= 0.6 is 23.2 Å². The molecule has 21 heavy (non-hydrogen) atoms. The van der Waals surface area contributed by atoms with Crippen LogP contribution < -0.4 is 10.9 Å². The fourth-order valence-electron chi connectivity index (χ4n) is 1.66. The molecule has 0 amide bonds. The number of nitrogens with zero attached hydrogens (tertiary/aromatic N) is 2.